The van der Waals surface area contributed by atoms with Crippen LogP contribution >= 0.6 is 0 Å². The highest BCUT2D eigenvalue weighted by atomic mass is 16.7. The zero-order valence-electron chi connectivity index (χ0n) is 8.18. The molecule has 0 aromatic heterocycles. The van der Waals surface area contributed by atoms with E-state index in [0.29, 0.717) is 6.10 Å². The highest BCUT2D eigenvalue weighted by molar-refractivity contribution is 5.24. The van der Waals surface area contributed by atoms with Gasteiger partial charge in [-0.25, -0.2) is 0 Å². The van der Waals surface area contributed by atoms with E-state index >= 15 is 0 Å². The Labute approximate surface area is 73.5 Å². The minimum atomic E-state index is -0.452. The zero-order valence-corrected chi connectivity index (χ0v) is 8.18. The SMILES string of the molecule is CC1=C[C@]2(C)C[C@@H](C)O[C@@]1(C)O2. The minimum absolute atomic E-state index is 0.0868. The van der Waals surface area contributed by atoms with Crippen LogP contribution in [0.3, 0.4) is 0 Å². The molecule has 2 heteroatoms. The highest BCUT2D eigenvalue weighted by Gasteiger charge is 2.49. The first-order valence-electron chi connectivity index (χ1n) is 4.51. The lowest BCUT2D eigenvalue weighted by atomic mass is 9.99. The smallest absolute Gasteiger partial charge is 0.189 e. The molecule has 0 unspecified atom stereocenters. The number of hydrogen-bond donors (Lipinski definition) is 0. The molecule has 1 saturated heterocycles. The van der Waals surface area contributed by atoms with E-state index in [1.807, 2.05) is 6.92 Å². The van der Waals surface area contributed by atoms with Gasteiger partial charge in [-0.15, -0.1) is 0 Å². The van der Waals surface area contributed by atoms with E-state index in [-0.39, 0.29) is 5.60 Å². The first kappa shape index (κ1) is 8.27. The van der Waals surface area contributed by atoms with E-state index in [4.69, 9.17) is 9.47 Å². The van der Waals surface area contributed by atoms with Gasteiger partial charge in [0.25, 0.3) is 0 Å². The van der Waals surface area contributed by atoms with E-state index in [0.717, 1.165) is 6.42 Å². The van der Waals surface area contributed by atoms with E-state index in [1.54, 1.807) is 0 Å². The van der Waals surface area contributed by atoms with Crippen LogP contribution in [0.25, 0.3) is 0 Å². The second kappa shape index (κ2) is 2.12. The molecule has 0 aliphatic carbocycles. The van der Waals surface area contributed by atoms with Gasteiger partial charge in [0.15, 0.2) is 5.79 Å². The zero-order chi connectivity index (χ0) is 8.98. The third-order valence-electron chi connectivity index (χ3n) is 2.78. The van der Waals surface area contributed by atoms with Gasteiger partial charge in [0, 0.05) is 6.42 Å². The normalized spacial score (nSPS) is 52.3. The van der Waals surface area contributed by atoms with Crippen molar-refractivity contribution < 1.29 is 9.47 Å². The molecule has 2 nitrogen and oxygen atoms in total. The quantitative estimate of drug-likeness (QED) is 0.516. The second-order valence-corrected chi connectivity index (χ2v) is 4.32. The summed E-state index contributed by atoms with van der Waals surface area (Å²) in [5.41, 5.74) is 1.12. The summed E-state index contributed by atoms with van der Waals surface area (Å²) in [6.07, 6.45) is 3.44. The molecule has 0 aromatic rings. The molecule has 0 spiro atoms. The summed E-state index contributed by atoms with van der Waals surface area (Å²) in [5.74, 6) is -0.452. The molecule has 2 bridgehead atoms. The molecular formula is C10H16O2. The van der Waals surface area contributed by atoms with Gasteiger partial charge in [0.1, 0.15) is 0 Å². The van der Waals surface area contributed by atoms with Gasteiger partial charge in [-0.2, -0.15) is 0 Å². The number of rotatable bonds is 0. The average Bonchev–Trinajstić information content (AvgIpc) is 1.96. The molecule has 3 atom stereocenters. The predicted octanol–water partition coefficient (Wildman–Crippen LogP) is 2.25. The largest absolute Gasteiger partial charge is 0.343 e. The van der Waals surface area contributed by atoms with Crippen LogP contribution in [0.1, 0.15) is 34.1 Å². The Morgan fingerprint density at radius 3 is 2.75 bits per heavy atom. The second-order valence-electron chi connectivity index (χ2n) is 4.32. The summed E-state index contributed by atoms with van der Waals surface area (Å²) in [4.78, 5) is 0. The lowest BCUT2D eigenvalue weighted by molar-refractivity contribution is -0.288. The molecule has 12 heavy (non-hydrogen) atoms. The number of ether oxygens (including phenoxy) is 2. The van der Waals surface area contributed by atoms with Gasteiger partial charge in [-0.3, -0.25) is 0 Å². The van der Waals surface area contributed by atoms with Crippen LogP contribution in [0.15, 0.2) is 11.6 Å². The summed E-state index contributed by atoms with van der Waals surface area (Å²) < 4.78 is 11.6. The van der Waals surface area contributed by atoms with E-state index in [2.05, 4.69) is 26.8 Å². The van der Waals surface area contributed by atoms with Gasteiger partial charge in [-0.1, -0.05) is 0 Å². The van der Waals surface area contributed by atoms with E-state index in [9.17, 15) is 0 Å². The van der Waals surface area contributed by atoms with Crippen molar-refractivity contribution >= 4 is 0 Å². The number of fused-ring (bicyclic) bond motifs is 2. The lowest BCUT2D eigenvalue weighted by Gasteiger charge is -2.40. The molecule has 0 N–H and O–H groups in total. The fraction of sp³-hybridized carbons (Fsp3) is 0.800. The first-order chi connectivity index (χ1) is 5.44. The van der Waals surface area contributed by atoms with Gasteiger partial charge >= 0.3 is 0 Å². The van der Waals surface area contributed by atoms with Crippen molar-refractivity contribution in [2.75, 3.05) is 0 Å². The van der Waals surface area contributed by atoms with Crippen molar-refractivity contribution in [3.8, 4) is 0 Å². The molecule has 68 valence electrons. The molecule has 0 aromatic carbocycles. The third-order valence-corrected chi connectivity index (χ3v) is 2.78. The standard InChI is InChI=1S/C10H16O2/c1-7-5-9(3)6-8(2)11-10(7,4)12-9/h5,8H,6H2,1-4H3/t8-,9-,10+/m1/s1. The van der Waals surface area contributed by atoms with Crippen molar-refractivity contribution in [3.63, 3.8) is 0 Å². The first-order valence-corrected chi connectivity index (χ1v) is 4.51. The topological polar surface area (TPSA) is 18.5 Å². The Morgan fingerprint density at radius 1 is 1.50 bits per heavy atom. The summed E-state index contributed by atoms with van der Waals surface area (Å²) in [5, 5.41) is 0. The van der Waals surface area contributed by atoms with Crippen LogP contribution in [-0.4, -0.2) is 17.5 Å². The fourth-order valence-corrected chi connectivity index (χ4v) is 2.36. The maximum absolute atomic E-state index is 5.84. The Morgan fingerprint density at radius 2 is 2.17 bits per heavy atom. The Hall–Kier alpha value is -0.340. The monoisotopic (exact) mass is 168 g/mol. The summed E-state index contributed by atoms with van der Waals surface area (Å²) >= 11 is 0. The molecule has 2 rings (SSSR count). The van der Waals surface area contributed by atoms with Crippen LogP contribution in [-0.2, 0) is 9.47 Å². The van der Waals surface area contributed by atoms with Crippen molar-refractivity contribution in [1.29, 1.82) is 0 Å². The Kier molecular flexibility index (Phi) is 1.46. The third kappa shape index (κ3) is 1.02. The maximum atomic E-state index is 5.84. The minimum Gasteiger partial charge on any atom is -0.343 e. The molecule has 0 radical (unpaired) electrons. The Balaban J connectivity index is 2.36. The van der Waals surface area contributed by atoms with Crippen LogP contribution < -0.4 is 0 Å². The molecule has 2 heterocycles. The maximum Gasteiger partial charge on any atom is 0.189 e. The van der Waals surface area contributed by atoms with Crippen LogP contribution in [0.4, 0.5) is 0 Å². The van der Waals surface area contributed by atoms with E-state index in [1.165, 1.54) is 5.57 Å². The molecule has 2 aliphatic rings. The van der Waals surface area contributed by atoms with Crippen molar-refractivity contribution in [2.45, 2.75) is 51.6 Å². The van der Waals surface area contributed by atoms with E-state index < -0.39 is 5.79 Å². The van der Waals surface area contributed by atoms with Crippen LogP contribution in [0.2, 0.25) is 0 Å². The molecule has 0 amide bonds. The van der Waals surface area contributed by atoms with Crippen molar-refractivity contribution in [2.24, 2.45) is 0 Å². The highest BCUT2D eigenvalue weighted by Crippen LogP contribution is 2.45. The number of hydrogen-bond acceptors (Lipinski definition) is 2. The van der Waals surface area contributed by atoms with Gasteiger partial charge in [0.05, 0.1) is 11.7 Å². The van der Waals surface area contributed by atoms with Crippen LogP contribution in [0.5, 0.6) is 0 Å². The molecular weight excluding hydrogens is 152 g/mol. The molecule has 0 saturated carbocycles. The predicted molar refractivity (Wildman–Crippen MR) is 46.8 cm³/mol. The van der Waals surface area contributed by atoms with Crippen molar-refractivity contribution in [3.05, 3.63) is 11.6 Å². The fourth-order valence-electron chi connectivity index (χ4n) is 2.36. The summed E-state index contributed by atoms with van der Waals surface area (Å²) in [6.45, 7) is 8.30. The Bertz CT molecular complexity index is 246. The molecule has 2 aliphatic heterocycles. The molecule has 1 fully saturated rings. The van der Waals surface area contributed by atoms with Crippen molar-refractivity contribution in [1.82, 2.24) is 0 Å². The van der Waals surface area contributed by atoms with Gasteiger partial charge < -0.3 is 9.47 Å². The average molecular weight is 168 g/mol. The summed E-state index contributed by atoms with van der Waals surface area (Å²) in [6, 6.07) is 0. The van der Waals surface area contributed by atoms with Gasteiger partial charge in [-0.05, 0) is 39.3 Å². The van der Waals surface area contributed by atoms with Gasteiger partial charge in [0.2, 0.25) is 0 Å². The summed E-state index contributed by atoms with van der Waals surface area (Å²) in [7, 11) is 0. The lowest BCUT2D eigenvalue weighted by Crippen LogP contribution is -2.46. The van der Waals surface area contributed by atoms with Crippen LogP contribution in [0, 0.1) is 0 Å².